The molecule has 0 spiro atoms. The highest BCUT2D eigenvalue weighted by atomic mass is 79.9. The lowest BCUT2D eigenvalue weighted by Gasteiger charge is -2.40. The van der Waals surface area contributed by atoms with Gasteiger partial charge in [-0.05, 0) is 26.2 Å². The number of amides is 1. The minimum absolute atomic E-state index is 0.0655. The molecule has 15 heavy (non-hydrogen) atoms. The van der Waals surface area contributed by atoms with Crippen LogP contribution in [-0.2, 0) is 0 Å². The molecule has 1 amide bonds. The summed E-state index contributed by atoms with van der Waals surface area (Å²) in [4.78, 5) is 11.8. The van der Waals surface area contributed by atoms with Crippen LogP contribution in [0.2, 0.25) is 0 Å². The Kier molecular flexibility index (Phi) is 2.82. The van der Waals surface area contributed by atoms with E-state index in [0.29, 0.717) is 11.5 Å². The molecule has 0 aromatic carbocycles. The van der Waals surface area contributed by atoms with E-state index in [1.165, 1.54) is 6.42 Å². The van der Waals surface area contributed by atoms with Crippen LogP contribution in [0.1, 0.15) is 35.5 Å². The van der Waals surface area contributed by atoms with Crippen molar-refractivity contribution < 1.29 is 9.32 Å². The summed E-state index contributed by atoms with van der Waals surface area (Å²) in [6.45, 7) is 1.77. The fourth-order valence-electron chi connectivity index (χ4n) is 1.67. The Morgan fingerprint density at radius 3 is 2.87 bits per heavy atom. The van der Waals surface area contributed by atoms with Crippen molar-refractivity contribution in [2.45, 2.75) is 31.7 Å². The van der Waals surface area contributed by atoms with Gasteiger partial charge in [-0.1, -0.05) is 21.1 Å². The van der Waals surface area contributed by atoms with Gasteiger partial charge in [-0.2, -0.15) is 0 Å². The maximum Gasteiger partial charge on any atom is 0.273 e. The number of carbonyl (C=O) groups excluding carboxylic acids is 1. The van der Waals surface area contributed by atoms with Gasteiger partial charge in [-0.15, -0.1) is 0 Å². The molecule has 0 aliphatic heterocycles. The fourth-order valence-corrected chi connectivity index (χ4v) is 2.37. The Morgan fingerprint density at radius 1 is 1.73 bits per heavy atom. The van der Waals surface area contributed by atoms with E-state index >= 15 is 0 Å². The van der Waals surface area contributed by atoms with Crippen LogP contribution in [0.15, 0.2) is 10.6 Å². The first-order valence-corrected chi connectivity index (χ1v) is 6.09. The van der Waals surface area contributed by atoms with Crippen molar-refractivity contribution in [3.05, 3.63) is 17.5 Å². The Labute approximate surface area is 96.5 Å². The molecule has 0 radical (unpaired) electrons. The van der Waals surface area contributed by atoms with Crippen molar-refractivity contribution >= 4 is 21.8 Å². The van der Waals surface area contributed by atoms with E-state index in [9.17, 15) is 4.79 Å². The zero-order valence-corrected chi connectivity index (χ0v) is 10.1. The Hall–Kier alpha value is -0.840. The van der Waals surface area contributed by atoms with Crippen molar-refractivity contribution in [2.24, 2.45) is 0 Å². The molecule has 1 aliphatic rings. The Bertz CT molecular complexity index is 366. The third-order valence-corrected chi connectivity index (χ3v) is 3.88. The van der Waals surface area contributed by atoms with Gasteiger partial charge in [0.2, 0.25) is 0 Å². The number of hydrogen-bond donors (Lipinski definition) is 1. The topological polar surface area (TPSA) is 55.1 Å². The van der Waals surface area contributed by atoms with E-state index in [0.717, 1.165) is 18.2 Å². The van der Waals surface area contributed by atoms with Crippen LogP contribution in [0.25, 0.3) is 0 Å². The predicted molar refractivity (Wildman–Crippen MR) is 59.1 cm³/mol. The molecule has 0 unspecified atom stereocenters. The van der Waals surface area contributed by atoms with Gasteiger partial charge in [0, 0.05) is 11.4 Å². The van der Waals surface area contributed by atoms with Crippen LogP contribution in [0.4, 0.5) is 0 Å². The molecule has 0 atom stereocenters. The van der Waals surface area contributed by atoms with E-state index in [4.69, 9.17) is 4.52 Å². The van der Waals surface area contributed by atoms with Crippen LogP contribution < -0.4 is 5.32 Å². The molecule has 1 aromatic rings. The smallest absolute Gasteiger partial charge is 0.273 e. The second-order valence-electron chi connectivity index (χ2n) is 4.04. The van der Waals surface area contributed by atoms with E-state index < -0.39 is 0 Å². The maximum atomic E-state index is 11.8. The van der Waals surface area contributed by atoms with Crippen LogP contribution in [0.5, 0.6) is 0 Å². The highest BCUT2D eigenvalue weighted by Gasteiger charge is 2.37. The number of carbonyl (C=O) groups is 1. The van der Waals surface area contributed by atoms with Crippen molar-refractivity contribution in [2.75, 3.05) is 5.33 Å². The van der Waals surface area contributed by atoms with Gasteiger partial charge in [0.05, 0.1) is 5.54 Å². The predicted octanol–water partition coefficient (Wildman–Crippen LogP) is 2.03. The third kappa shape index (κ3) is 2.07. The highest BCUT2D eigenvalue weighted by molar-refractivity contribution is 9.09. The van der Waals surface area contributed by atoms with Crippen LogP contribution in [-0.4, -0.2) is 21.9 Å². The Morgan fingerprint density at radius 2 is 2.47 bits per heavy atom. The number of hydrogen-bond acceptors (Lipinski definition) is 3. The zero-order chi connectivity index (χ0) is 10.9. The summed E-state index contributed by atoms with van der Waals surface area (Å²) in [5.41, 5.74) is 0.295. The molecule has 4 nitrogen and oxygen atoms in total. The molecule has 82 valence electrons. The first-order valence-electron chi connectivity index (χ1n) is 4.97. The molecular formula is C10H13BrN2O2. The minimum atomic E-state index is -0.147. The van der Waals surface area contributed by atoms with Gasteiger partial charge in [0.15, 0.2) is 5.69 Å². The van der Waals surface area contributed by atoms with Crippen LogP contribution in [0, 0.1) is 6.92 Å². The minimum Gasteiger partial charge on any atom is -0.361 e. The van der Waals surface area contributed by atoms with Crippen molar-refractivity contribution in [1.82, 2.24) is 10.5 Å². The van der Waals surface area contributed by atoms with Crippen molar-refractivity contribution in [3.8, 4) is 0 Å². The van der Waals surface area contributed by atoms with Gasteiger partial charge in [0.25, 0.3) is 5.91 Å². The molecule has 0 bridgehead atoms. The van der Waals surface area contributed by atoms with Gasteiger partial charge < -0.3 is 9.84 Å². The van der Waals surface area contributed by atoms with Crippen LogP contribution >= 0.6 is 15.9 Å². The molecule has 1 heterocycles. The summed E-state index contributed by atoms with van der Waals surface area (Å²) in [7, 11) is 0. The number of halogens is 1. The van der Waals surface area contributed by atoms with E-state index in [1.54, 1.807) is 13.0 Å². The molecule has 1 aliphatic carbocycles. The second kappa shape index (κ2) is 3.96. The normalized spacial score (nSPS) is 18.3. The molecule has 1 fully saturated rings. The lowest BCUT2D eigenvalue weighted by atomic mass is 9.78. The summed E-state index contributed by atoms with van der Waals surface area (Å²) in [5.74, 6) is 0.507. The molecule has 5 heteroatoms. The largest absolute Gasteiger partial charge is 0.361 e. The maximum absolute atomic E-state index is 11.8. The molecule has 0 saturated heterocycles. The van der Waals surface area contributed by atoms with Crippen molar-refractivity contribution in [3.63, 3.8) is 0 Å². The number of alkyl halides is 1. The zero-order valence-electron chi connectivity index (χ0n) is 8.55. The molecule has 1 N–H and O–H groups in total. The summed E-state index contributed by atoms with van der Waals surface area (Å²) >= 11 is 3.43. The first kappa shape index (κ1) is 10.7. The Balaban J connectivity index is 2.03. The SMILES string of the molecule is Cc1cc(C(=O)NC2(CBr)CCC2)no1. The number of aryl methyl sites for hydroxylation is 1. The number of nitrogens with one attached hydrogen (secondary N) is 1. The summed E-state index contributed by atoms with van der Waals surface area (Å²) in [6.07, 6.45) is 3.23. The standard InChI is InChI=1S/C10H13BrN2O2/c1-7-5-8(13-15-7)9(14)12-10(6-11)3-2-4-10/h5H,2-4,6H2,1H3,(H,12,14). The lowest BCUT2D eigenvalue weighted by molar-refractivity contribution is 0.0847. The van der Waals surface area contributed by atoms with Gasteiger partial charge in [-0.3, -0.25) is 4.79 Å². The fraction of sp³-hybridized carbons (Fsp3) is 0.600. The van der Waals surface area contributed by atoms with Gasteiger partial charge in [-0.25, -0.2) is 0 Å². The third-order valence-electron chi connectivity index (χ3n) is 2.81. The molecular weight excluding hydrogens is 260 g/mol. The lowest BCUT2D eigenvalue weighted by Crippen LogP contribution is -2.54. The number of aromatic nitrogens is 1. The second-order valence-corrected chi connectivity index (χ2v) is 4.61. The summed E-state index contributed by atoms with van der Waals surface area (Å²) < 4.78 is 4.86. The van der Waals surface area contributed by atoms with E-state index in [1.807, 2.05) is 0 Å². The molecule has 1 aromatic heterocycles. The van der Waals surface area contributed by atoms with Crippen molar-refractivity contribution in [1.29, 1.82) is 0 Å². The monoisotopic (exact) mass is 272 g/mol. The summed E-state index contributed by atoms with van der Waals surface area (Å²) in [6, 6.07) is 1.65. The average Bonchev–Trinajstić information content (AvgIpc) is 2.58. The van der Waals surface area contributed by atoms with Crippen LogP contribution in [0.3, 0.4) is 0 Å². The molecule has 1 saturated carbocycles. The quantitative estimate of drug-likeness (QED) is 0.857. The van der Waals surface area contributed by atoms with E-state index in [2.05, 4.69) is 26.4 Å². The van der Waals surface area contributed by atoms with Gasteiger partial charge >= 0.3 is 0 Å². The number of rotatable bonds is 3. The highest BCUT2D eigenvalue weighted by Crippen LogP contribution is 2.33. The first-order chi connectivity index (χ1) is 7.15. The molecule has 2 rings (SSSR count). The summed E-state index contributed by atoms with van der Waals surface area (Å²) in [5, 5.41) is 7.49. The number of nitrogens with zero attached hydrogens (tertiary/aromatic N) is 1. The average molecular weight is 273 g/mol. The van der Waals surface area contributed by atoms with E-state index in [-0.39, 0.29) is 11.4 Å². The van der Waals surface area contributed by atoms with Gasteiger partial charge in [0.1, 0.15) is 5.76 Å².